The maximum atomic E-state index is 15.0. The van der Waals surface area contributed by atoms with Crippen LogP contribution >= 0.6 is 0 Å². The molecule has 164 valence electrons. The third-order valence-electron chi connectivity index (χ3n) is 5.63. The van der Waals surface area contributed by atoms with Gasteiger partial charge in [-0.25, -0.2) is 8.78 Å². The molecule has 0 fully saturated rings. The molecule has 1 aliphatic carbocycles. The van der Waals surface area contributed by atoms with Gasteiger partial charge in [0.25, 0.3) is 0 Å². The van der Waals surface area contributed by atoms with Gasteiger partial charge in [0.15, 0.2) is 28.8 Å². The van der Waals surface area contributed by atoms with E-state index in [0.717, 1.165) is 5.56 Å². The van der Waals surface area contributed by atoms with E-state index in [4.69, 9.17) is 9.47 Å². The number of rotatable bonds is 5. The molecule has 0 bridgehead atoms. The number of halogens is 2. The number of nitro groups is 1. The van der Waals surface area contributed by atoms with E-state index < -0.39 is 22.5 Å². The van der Waals surface area contributed by atoms with Crippen LogP contribution in [0.25, 0.3) is 11.4 Å². The smallest absolute Gasteiger partial charge is 0.316 e. The van der Waals surface area contributed by atoms with Gasteiger partial charge in [-0.1, -0.05) is 0 Å². The summed E-state index contributed by atoms with van der Waals surface area (Å²) in [7, 11) is 4.22. The number of aryl methyl sites for hydroxylation is 1. The van der Waals surface area contributed by atoms with Crippen LogP contribution in [-0.2, 0) is 19.9 Å². The van der Waals surface area contributed by atoms with Gasteiger partial charge in [-0.2, -0.15) is 10.2 Å². The van der Waals surface area contributed by atoms with Crippen molar-refractivity contribution in [2.75, 3.05) is 14.2 Å². The van der Waals surface area contributed by atoms with E-state index in [1.54, 1.807) is 7.05 Å². The monoisotopic (exact) mass is 433 g/mol. The summed E-state index contributed by atoms with van der Waals surface area (Å²) in [6.07, 6.45) is 3.28. The van der Waals surface area contributed by atoms with Gasteiger partial charge in [0.05, 0.1) is 19.1 Å². The Morgan fingerprint density at radius 2 is 1.90 bits per heavy atom. The molecule has 0 unspecified atom stereocenters. The van der Waals surface area contributed by atoms with Gasteiger partial charge >= 0.3 is 5.69 Å². The molecule has 1 aromatic carbocycles. The molecule has 2 aromatic heterocycles. The standard InChI is InChI=1S/C20H21F2N5O4/c1-26-9-13(27(28)29)20(25-26)19-11-6-4-5-10(7-12(11)23-24-19)16-17(21)14(30-2)8-15(31-3)18(16)22/h8-10H,4-7H2,1-3H3,(H,23,24)/t10-/m1/s1. The van der Waals surface area contributed by atoms with Gasteiger partial charge in [-0.3, -0.25) is 19.9 Å². The highest BCUT2D eigenvalue weighted by atomic mass is 19.1. The van der Waals surface area contributed by atoms with E-state index in [9.17, 15) is 10.1 Å². The highest BCUT2D eigenvalue weighted by Crippen LogP contribution is 2.41. The Balaban J connectivity index is 1.77. The van der Waals surface area contributed by atoms with Crippen molar-refractivity contribution in [3.05, 3.63) is 50.8 Å². The lowest BCUT2D eigenvalue weighted by Crippen LogP contribution is -2.10. The molecule has 0 amide bonds. The lowest BCUT2D eigenvalue weighted by Gasteiger charge is -2.19. The Kier molecular flexibility index (Phi) is 5.34. The first-order chi connectivity index (χ1) is 14.8. The molecule has 2 heterocycles. The molecule has 0 saturated heterocycles. The average Bonchev–Trinajstić information content (AvgIpc) is 3.25. The van der Waals surface area contributed by atoms with Crippen LogP contribution in [0.2, 0.25) is 0 Å². The Labute approximate surface area is 176 Å². The number of fused-ring (bicyclic) bond motifs is 1. The van der Waals surface area contributed by atoms with Crippen molar-refractivity contribution in [1.29, 1.82) is 0 Å². The van der Waals surface area contributed by atoms with E-state index in [-0.39, 0.29) is 34.9 Å². The van der Waals surface area contributed by atoms with Crippen molar-refractivity contribution in [2.24, 2.45) is 7.05 Å². The number of H-pyrrole nitrogens is 1. The second-order valence-corrected chi connectivity index (χ2v) is 7.44. The zero-order chi connectivity index (χ0) is 22.3. The van der Waals surface area contributed by atoms with Crippen molar-refractivity contribution in [2.45, 2.75) is 31.6 Å². The molecule has 1 N–H and O–H groups in total. The summed E-state index contributed by atoms with van der Waals surface area (Å²) in [5, 5.41) is 22.8. The third kappa shape index (κ3) is 3.49. The van der Waals surface area contributed by atoms with Crippen molar-refractivity contribution in [1.82, 2.24) is 20.0 Å². The van der Waals surface area contributed by atoms with Crippen molar-refractivity contribution in [3.8, 4) is 22.9 Å². The predicted octanol–water partition coefficient (Wildman–Crippen LogP) is 3.68. The molecule has 3 aromatic rings. The molecule has 0 spiro atoms. The fourth-order valence-electron chi connectivity index (χ4n) is 4.20. The normalized spacial score (nSPS) is 16.0. The zero-order valence-corrected chi connectivity index (χ0v) is 17.2. The average molecular weight is 433 g/mol. The van der Waals surface area contributed by atoms with Crippen LogP contribution < -0.4 is 9.47 Å². The predicted molar refractivity (Wildman–Crippen MR) is 106 cm³/mol. The topological polar surface area (TPSA) is 108 Å². The number of hydrogen-bond donors (Lipinski definition) is 1. The fourth-order valence-corrected chi connectivity index (χ4v) is 4.20. The molecule has 31 heavy (non-hydrogen) atoms. The zero-order valence-electron chi connectivity index (χ0n) is 17.2. The summed E-state index contributed by atoms with van der Waals surface area (Å²) in [5.41, 5.74) is 1.78. The summed E-state index contributed by atoms with van der Waals surface area (Å²) in [6, 6.07) is 1.19. The molecule has 0 radical (unpaired) electrons. The quantitative estimate of drug-likeness (QED) is 0.374. The fraction of sp³-hybridized carbons (Fsp3) is 0.400. The molecule has 0 aliphatic heterocycles. The van der Waals surface area contributed by atoms with E-state index in [2.05, 4.69) is 15.3 Å². The van der Waals surface area contributed by atoms with E-state index in [1.165, 1.54) is 31.2 Å². The van der Waals surface area contributed by atoms with Crippen LogP contribution in [0.1, 0.15) is 35.6 Å². The van der Waals surface area contributed by atoms with Crippen LogP contribution in [0.4, 0.5) is 14.5 Å². The van der Waals surface area contributed by atoms with Crippen molar-refractivity contribution in [3.63, 3.8) is 0 Å². The number of ether oxygens (including phenoxy) is 2. The Morgan fingerprint density at radius 1 is 1.23 bits per heavy atom. The number of benzene rings is 1. The first kappa shape index (κ1) is 20.8. The molecule has 0 saturated carbocycles. The van der Waals surface area contributed by atoms with E-state index in [1.807, 2.05) is 0 Å². The van der Waals surface area contributed by atoms with Crippen molar-refractivity contribution < 1.29 is 23.2 Å². The van der Waals surface area contributed by atoms with Gasteiger partial charge < -0.3 is 9.47 Å². The summed E-state index contributed by atoms with van der Waals surface area (Å²) < 4.78 is 41.5. The summed E-state index contributed by atoms with van der Waals surface area (Å²) in [5.74, 6) is -2.18. The van der Waals surface area contributed by atoms with Crippen LogP contribution in [0.3, 0.4) is 0 Å². The minimum absolute atomic E-state index is 0.0906. The van der Waals surface area contributed by atoms with E-state index >= 15 is 8.78 Å². The van der Waals surface area contributed by atoms with Gasteiger partial charge in [0.1, 0.15) is 11.9 Å². The molecule has 9 nitrogen and oxygen atoms in total. The number of nitrogens with zero attached hydrogens (tertiary/aromatic N) is 4. The molecule has 1 aliphatic rings. The largest absolute Gasteiger partial charge is 0.494 e. The van der Waals surface area contributed by atoms with E-state index in [0.29, 0.717) is 30.7 Å². The molecule has 1 atom stereocenters. The van der Waals surface area contributed by atoms with Gasteiger partial charge in [-0.15, -0.1) is 0 Å². The maximum Gasteiger partial charge on any atom is 0.316 e. The van der Waals surface area contributed by atoms with Crippen LogP contribution in [0, 0.1) is 21.7 Å². The first-order valence-corrected chi connectivity index (χ1v) is 9.70. The number of hydrogen-bond acceptors (Lipinski definition) is 6. The lowest BCUT2D eigenvalue weighted by molar-refractivity contribution is -0.384. The Morgan fingerprint density at radius 3 is 2.52 bits per heavy atom. The minimum atomic E-state index is -0.755. The van der Waals surface area contributed by atoms with Crippen LogP contribution in [-0.4, -0.2) is 39.1 Å². The SMILES string of the molecule is COc1cc(OC)c(F)c([C@@H]2CCCc3c(-c4nn(C)cc4[N+](=O)[O-])n[nH]c3C2)c1F. The Hall–Kier alpha value is -3.50. The number of aromatic amines is 1. The number of methoxy groups -OCH3 is 2. The molecular formula is C20H21F2N5O4. The summed E-state index contributed by atoms with van der Waals surface area (Å²) in [6.45, 7) is 0. The number of nitrogens with one attached hydrogen (secondary N) is 1. The maximum absolute atomic E-state index is 15.0. The van der Waals surface area contributed by atoms with Gasteiger partial charge in [0, 0.05) is 29.9 Å². The lowest BCUT2D eigenvalue weighted by atomic mass is 9.90. The molecule has 4 rings (SSSR count). The van der Waals surface area contributed by atoms with Crippen molar-refractivity contribution >= 4 is 5.69 Å². The van der Waals surface area contributed by atoms with Crippen LogP contribution in [0.15, 0.2) is 12.3 Å². The Bertz CT molecular complexity index is 1130. The summed E-state index contributed by atoms with van der Waals surface area (Å²) in [4.78, 5) is 10.9. The van der Waals surface area contributed by atoms with Gasteiger partial charge in [-0.05, 0) is 31.6 Å². The first-order valence-electron chi connectivity index (χ1n) is 9.70. The second-order valence-electron chi connectivity index (χ2n) is 7.44. The van der Waals surface area contributed by atoms with Crippen LogP contribution in [0.5, 0.6) is 11.5 Å². The number of aromatic nitrogens is 4. The highest BCUT2D eigenvalue weighted by Gasteiger charge is 2.32. The second kappa shape index (κ2) is 7.97. The summed E-state index contributed by atoms with van der Waals surface area (Å²) >= 11 is 0. The van der Waals surface area contributed by atoms with Gasteiger partial charge in [0.2, 0.25) is 0 Å². The minimum Gasteiger partial charge on any atom is -0.494 e. The molecule has 11 heteroatoms. The third-order valence-corrected chi connectivity index (χ3v) is 5.63. The highest BCUT2D eigenvalue weighted by molar-refractivity contribution is 5.69. The molecular weight excluding hydrogens is 412 g/mol.